The van der Waals surface area contributed by atoms with E-state index in [1.165, 1.54) is 60.2 Å². The summed E-state index contributed by atoms with van der Waals surface area (Å²) >= 11 is 0. The number of furan rings is 1. The number of rotatable bonds is 6. The van der Waals surface area contributed by atoms with E-state index in [0.29, 0.717) is 17.5 Å². The Bertz CT molecular complexity index is 2850. The summed E-state index contributed by atoms with van der Waals surface area (Å²) in [4.78, 5) is 15.2. The Hall–Kier alpha value is -6.20. The third kappa shape index (κ3) is 6.03. The predicted octanol–water partition coefficient (Wildman–Crippen LogP) is -0.418. The van der Waals surface area contributed by atoms with Crippen LogP contribution in [0, 0.1) is 0 Å². The number of benzene rings is 7. The Balaban J connectivity index is 1.14. The summed E-state index contributed by atoms with van der Waals surface area (Å²) in [7, 11) is 15.5. The molecule has 258 valence electrons. The minimum absolute atomic E-state index is 0.630. The first-order chi connectivity index (χ1) is 27.2. The summed E-state index contributed by atoms with van der Waals surface area (Å²) in [6.07, 6.45) is 0. The van der Waals surface area contributed by atoms with Gasteiger partial charge in [-0.1, -0.05) is 161 Å². The van der Waals surface area contributed by atoms with Crippen LogP contribution in [0.4, 0.5) is 0 Å². The van der Waals surface area contributed by atoms with Crippen LogP contribution >= 0.6 is 0 Å². The molecule has 11 heteroatoms. The smallest absolute Gasteiger partial charge is 0.164 e. The number of hydrogen-bond donors (Lipinski definition) is 0. The van der Waals surface area contributed by atoms with Gasteiger partial charge in [-0.25, -0.2) is 15.0 Å². The molecule has 7 aromatic carbocycles. The quantitative estimate of drug-likeness (QED) is 0.221. The monoisotopic (exact) mass is 711 g/mol. The highest BCUT2D eigenvalue weighted by molar-refractivity contribution is 6.69. The lowest BCUT2D eigenvalue weighted by molar-refractivity contribution is 0.675. The van der Waals surface area contributed by atoms with Gasteiger partial charge in [-0.3, -0.25) is 0 Å². The summed E-state index contributed by atoms with van der Waals surface area (Å²) in [6, 6.07) is 46.4. The molecule has 2 heterocycles. The fourth-order valence-corrected chi connectivity index (χ4v) is 8.23. The molecule has 0 bridgehead atoms. The second-order valence-electron chi connectivity index (χ2n) is 15.0. The van der Waals surface area contributed by atoms with E-state index in [9.17, 15) is 0 Å². The zero-order chi connectivity index (χ0) is 38.7. The molecule has 4 nitrogen and oxygen atoms in total. The Kier molecular flexibility index (Phi) is 8.97. The molecule has 0 aliphatic carbocycles. The number of nitrogens with zero attached hydrogens (tertiary/aromatic N) is 3. The molecule has 0 amide bonds. The van der Waals surface area contributed by atoms with E-state index >= 15 is 0 Å². The first kappa shape index (κ1) is 35.5. The van der Waals surface area contributed by atoms with Crippen LogP contribution in [0.3, 0.4) is 0 Å². The second-order valence-corrected chi connectivity index (χ2v) is 15.0. The third-order valence-electron chi connectivity index (χ3n) is 11.9. The van der Waals surface area contributed by atoms with Gasteiger partial charge in [0.2, 0.25) is 0 Å². The lowest BCUT2D eigenvalue weighted by Crippen LogP contribution is -2.47. The number of hydrogen-bond acceptors (Lipinski definition) is 4. The standard InChI is InChI=1S/C45H36B7N3O/c46-34-31(37(49)41-32(35(34)47)33-36(48)38(50)39(51)40(52)42(33)56-41)27-15-21-30(22-16-27)45-54-43(28-17-11-25(12-18-28)23-7-3-1-4-8-23)53-44(55-45)29-19-13-26(14-20-29)24-9-5-2-6-10-24/h1-22H,46-52H2. The van der Waals surface area contributed by atoms with Crippen LogP contribution in [0.2, 0.25) is 0 Å². The summed E-state index contributed by atoms with van der Waals surface area (Å²) in [5, 5.41) is 2.48. The highest BCUT2D eigenvalue weighted by Gasteiger charge is 2.22. The van der Waals surface area contributed by atoms with Gasteiger partial charge in [0.05, 0.1) is 0 Å². The van der Waals surface area contributed by atoms with Crippen molar-refractivity contribution in [2.45, 2.75) is 0 Å². The van der Waals surface area contributed by atoms with Gasteiger partial charge in [0.1, 0.15) is 66.1 Å². The summed E-state index contributed by atoms with van der Waals surface area (Å²) in [6.45, 7) is 0. The second kappa shape index (κ2) is 14.1. The minimum Gasteiger partial charge on any atom is -0.457 e. The van der Waals surface area contributed by atoms with E-state index in [1.54, 1.807) is 0 Å². The van der Waals surface area contributed by atoms with Crippen LogP contribution in [0.15, 0.2) is 138 Å². The Morgan fingerprint density at radius 1 is 0.286 bits per heavy atom. The maximum absolute atomic E-state index is 6.77. The normalized spacial score (nSPS) is 11.4. The highest BCUT2D eigenvalue weighted by Crippen LogP contribution is 2.31. The Morgan fingerprint density at radius 3 is 1.04 bits per heavy atom. The van der Waals surface area contributed by atoms with Gasteiger partial charge in [0.25, 0.3) is 0 Å². The lowest BCUT2D eigenvalue weighted by atomic mass is 9.64. The zero-order valence-electron chi connectivity index (χ0n) is 33.0. The molecule has 0 atom stereocenters. The summed E-state index contributed by atoms with van der Waals surface area (Å²) < 4.78 is 6.77. The number of fused-ring (bicyclic) bond motifs is 3. The lowest BCUT2D eigenvalue weighted by Gasteiger charge is -2.16. The van der Waals surface area contributed by atoms with Crippen molar-refractivity contribution in [3.05, 3.63) is 133 Å². The predicted molar refractivity (Wildman–Crippen MR) is 257 cm³/mol. The summed E-state index contributed by atoms with van der Waals surface area (Å²) in [5.74, 6) is 1.90. The van der Waals surface area contributed by atoms with Crippen molar-refractivity contribution in [2.24, 2.45) is 0 Å². The molecule has 0 N–H and O–H groups in total. The molecule has 0 saturated heterocycles. The van der Waals surface area contributed by atoms with Crippen molar-refractivity contribution < 1.29 is 4.42 Å². The average molecular weight is 710 g/mol. The van der Waals surface area contributed by atoms with E-state index in [4.69, 9.17) is 19.4 Å². The van der Waals surface area contributed by atoms with E-state index < -0.39 is 0 Å². The first-order valence-electron chi connectivity index (χ1n) is 19.3. The fourth-order valence-electron chi connectivity index (χ4n) is 8.23. The van der Waals surface area contributed by atoms with Crippen molar-refractivity contribution in [1.29, 1.82) is 0 Å². The molecule has 0 aliphatic rings. The zero-order valence-corrected chi connectivity index (χ0v) is 33.0. The van der Waals surface area contributed by atoms with E-state index in [1.807, 2.05) is 12.1 Å². The molecule has 9 rings (SSSR count). The summed E-state index contributed by atoms with van der Waals surface area (Å²) in [5.41, 5.74) is 20.6. The molecule has 0 fully saturated rings. The maximum Gasteiger partial charge on any atom is 0.164 e. The van der Waals surface area contributed by atoms with Gasteiger partial charge in [-0.2, -0.15) is 0 Å². The Labute approximate surface area is 334 Å². The molecule has 0 spiro atoms. The van der Waals surface area contributed by atoms with Crippen molar-refractivity contribution in [2.75, 3.05) is 0 Å². The molecule has 0 saturated carbocycles. The molecule has 2 aromatic heterocycles. The minimum atomic E-state index is 0.630. The van der Waals surface area contributed by atoms with Crippen LogP contribution in [-0.4, -0.2) is 69.9 Å². The van der Waals surface area contributed by atoms with Crippen LogP contribution in [0.25, 0.3) is 89.5 Å². The highest BCUT2D eigenvalue weighted by atomic mass is 16.3. The fraction of sp³-hybridized carbons (Fsp3) is 0. The van der Waals surface area contributed by atoms with Gasteiger partial charge in [0, 0.05) is 27.5 Å². The van der Waals surface area contributed by atoms with Gasteiger partial charge in [0.15, 0.2) is 17.5 Å². The van der Waals surface area contributed by atoms with Crippen LogP contribution in [0.1, 0.15) is 0 Å². The van der Waals surface area contributed by atoms with E-state index in [-0.39, 0.29) is 0 Å². The molecular weight excluding hydrogens is 674 g/mol. The van der Waals surface area contributed by atoms with Gasteiger partial charge >= 0.3 is 0 Å². The Morgan fingerprint density at radius 2 is 0.607 bits per heavy atom. The topological polar surface area (TPSA) is 51.8 Å². The van der Waals surface area contributed by atoms with Crippen LogP contribution in [0.5, 0.6) is 0 Å². The van der Waals surface area contributed by atoms with Gasteiger partial charge in [-0.15, -0.1) is 5.46 Å². The molecule has 9 aromatic rings. The van der Waals surface area contributed by atoms with Crippen molar-refractivity contribution in [3.63, 3.8) is 0 Å². The molecule has 0 unspecified atom stereocenters. The van der Waals surface area contributed by atoms with Gasteiger partial charge in [-0.05, 0) is 38.8 Å². The van der Waals surface area contributed by atoms with Gasteiger partial charge < -0.3 is 4.42 Å². The largest absolute Gasteiger partial charge is 0.457 e. The molecule has 0 radical (unpaired) electrons. The molecular formula is C45H36B7N3O. The van der Waals surface area contributed by atoms with Crippen LogP contribution in [-0.2, 0) is 0 Å². The SMILES string of the molecule is Bc1c(B)c(B)c2c(oc3c(B)c(-c4ccc(-c5nc(-c6ccc(-c7ccccc7)cc6)nc(-c6ccc(-c7ccccc7)cc6)n5)cc4)c(B)c(B)c32)c1B. The average Bonchev–Trinajstić information content (AvgIpc) is 3.67. The third-order valence-corrected chi connectivity index (χ3v) is 11.9. The van der Waals surface area contributed by atoms with Crippen LogP contribution < -0.4 is 38.2 Å². The molecule has 0 aliphatic heterocycles. The molecule has 56 heavy (non-hydrogen) atoms. The van der Waals surface area contributed by atoms with E-state index in [2.05, 4.69) is 176 Å². The number of aromatic nitrogens is 3. The first-order valence-corrected chi connectivity index (χ1v) is 19.3. The van der Waals surface area contributed by atoms with Crippen molar-refractivity contribution >= 4 is 115 Å². The maximum atomic E-state index is 6.77. The van der Waals surface area contributed by atoms with Crippen molar-refractivity contribution in [1.82, 2.24) is 15.0 Å². The van der Waals surface area contributed by atoms with E-state index in [0.717, 1.165) is 50.0 Å². The van der Waals surface area contributed by atoms with Crippen molar-refractivity contribution in [3.8, 4) is 67.5 Å².